The number of oxazole rings is 1. The van der Waals surface area contributed by atoms with Crippen LogP contribution in [-0.2, 0) is 19.4 Å². The van der Waals surface area contributed by atoms with Crippen LogP contribution in [-0.4, -0.2) is 20.6 Å². The predicted molar refractivity (Wildman–Crippen MR) is 67.2 cm³/mol. The summed E-state index contributed by atoms with van der Waals surface area (Å²) in [5, 5.41) is 4.48. The molecule has 0 bridgehead atoms. The second-order valence-electron chi connectivity index (χ2n) is 3.75. The van der Waals surface area contributed by atoms with Gasteiger partial charge < -0.3 is 4.42 Å². The lowest BCUT2D eigenvalue weighted by Crippen LogP contribution is -1.99. The van der Waals surface area contributed by atoms with Gasteiger partial charge in [-0.05, 0) is 19.4 Å². The molecule has 0 unspecified atom stereocenters. The molecule has 0 atom stereocenters. The van der Waals surface area contributed by atoms with Gasteiger partial charge in [-0.2, -0.15) is 5.10 Å². The molecule has 0 radical (unpaired) electrons. The molecule has 4 nitrogen and oxygen atoms in total. The lowest BCUT2D eigenvalue weighted by Gasteiger charge is -1.99. The molecule has 17 heavy (non-hydrogen) atoms. The van der Waals surface area contributed by atoms with Crippen molar-refractivity contribution in [3.63, 3.8) is 0 Å². The van der Waals surface area contributed by atoms with Gasteiger partial charge in [0.25, 0.3) is 0 Å². The Morgan fingerprint density at radius 1 is 1.41 bits per heavy atom. The highest BCUT2D eigenvalue weighted by atomic mass is 35.5. The molecule has 0 saturated heterocycles. The summed E-state index contributed by atoms with van der Waals surface area (Å²) in [7, 11) is 0. The fourth-order valence-corrected chi connectivity index (χ4v) is 1.87. The van der Waals surface area contributed by atoms with Gasteiger partial charge in [-0.1, -0.05) is 6.92 Å². The minimum absolute atomic E-state index is 0.521. The molecule has 2 aromatic heterocycles. The van der Waals surface area contributed by atoms with Crippen molar-refractivity contribution in [3.8, 4) is 11.5 Å². The first-order chi connectivity index (χ1) is 8.28. The van der Waals surface area contributed by atoms with Crippen molar-refractivity contribution >= 4 is 11.6 Å². The first kappa shape index (κ1) is 12.2. The number of nitrogens with zero attached hydrogens (tertiary/aromatic N) is 3. The van der Waals surface area contributed by atoms with E-state index in [9.17, 15) is 0 Å². The molecule has 2 rings (SSSR count). The zero-order chi connectivity index (χ0) is 12.3. The van der Waals surface area contributed by atoms with Crippen molar-refractivity contribution in [2.75, 3.05) is 5.88 Å². The molecule has 0 aliphatic rings. The molecule has 0 fully saturated rings. The molecule has 0 saturated carbocycles. The fourth-order valence-electron chi connectivity index (χ4n) is 1.71. The Labute approximate surface area is 106 Å². The van der Waals surface area contributed by atoms with E-state index in [4.69, 9.17) is 16.0 Å². The van der Waals surface area contributed by atoms with Gasteiger partial charge in [0.15, 0.2) is 11.7 Å². The summed E-state index contributed by atoms with van der Waals surface area (Å²) >= 11 is 5.66. The molecule has 0 spiro atoms. The van der Waals surface area contributed by atoms with Crippen molar-refractivity contribution in [2.24, 2.45) is 0 Å². The van der Waals surface area contributed by atoms with E-state index < -0.39 is 0 Å². The van der Waals surface area contributed by atoms with Gasteiger partial charge >= 0.3 is 0 Å². The number of halogens is 1. The molecule has 2 heterocycles. The minimum Gasteiger partial charge on any atom is -0.439 e. The van der Waals surface area contributed by atoms with Gasteiger partial charge in [0.2, 0.25) is 0 Å². The van der Waals surface area contributed by atoms with Crippen LogP contribution < -0.4 is 0 Å². The maximum Gasteiger partial charge on any atom is 0.196 e. The van der Waals surface area contributed by atoms with Crippen LogP contribution >= 0.6 is 11.6 Å². The summed E-state index contributed by atoms with van der Waals surface area (Å²) in [6, 6.07) is 2.05. The Morgan fingerprint density at radius 3 is 2.88 bits per heavy atom. The summed E-state index contributed by atoms with van der Waals surface area (Å²) in [5.74, 6) is 1.96. The number of aromatic nitrogens is 3. The van der Waals surface area contributed by atoms with Crippen molar-refractivity contribution in [2.45, 2.75) is 33.2 Å². The van der Waals surface area contributed by atoms with Gasteiger partial charge in [-0.25, -0.2) is 4.98 Å². The molecule has 5 heteroatoms. The number of aryl methyl sites for hydroxylation is 3. The highest BCUT2D eigenvalue weighted by Crippen LogP contribution is 2.22. The van der Waals surface area contributed by atoms with Crippen LogP contribution in [0.4, 0.5) is 0 Å². The van der Waals surface area contributed by atoms with Gasteiger partial charge in [0, 0.05) is 18.8 Å². The average molecular weight is 254 g/mol. The topological polar surface area (TPSA) is 43.9 Å². The van der Waals surface area contributed by atoms with Crippen LogP contribution in [0.1, 0.15) is 25.4 Å². The van der Waals surface area contributed by atoms with Crippen LogP contribution in [0.3, 0.4) is 0 Å². The van der Waals surface area contributed by atoms with E-state index in [2.05, 4.69) is 30.0 Å². The van der Waals surface area contributed by atoms with Gasteiger partial charge in [-0.3, -0.25) is 4.68 Å². The monoisotopic (exact) mass is 253 g/mol. The maximum atomic E-state index is 5.66. The highest BCUT2D eigenvalue weighted by Gasteiger charge is 2.12. The summed E-state index contributed by atoms with van der Waals surface area (Å²) in [4.78, 5) is 4.20. The standard InChI is InChI=1S/C12H16ClN3O/c1-3-9-7-10(16(4-2)15-9)11-8-14-12(17-11)5-6-13/h7-8H,3-6H2,1-2H3. The quantitative estimate of drug-likeness (QED) is 0.770. The van der Waals surface area contributed by atoms with Crippen LogP contribution in [0.15, 0.2) is 16.7 Å². The van der Waals surface area contributed by atoms with Crippen LogP contribution in [0.5, 0.6) is 0 Å². The number of alkyl halides is 1. The summed E-state index contributed by atoms with van der Waals surface area (Å²) < 4.78 is 7.59. The third kappa shape index (κ3) is 2.52. The third-order valence-corrected chi connectivity index (χ3v) is 2.80. The number of hydrogen-bond donors (Lipinski definition) is 0. The molecule has 0 aromatic carbocycles. The molecule has 0 aliphatic heterocycles. The Morgan fingerprint density at radius 2 is 2.24 bits per heavy atom. The first-order valence-electron chi connectivity index (χ1n) is 5.86. The Bertz CT molecular complexity index is 490. The van der Waals surface area contributed by atoms with E-state index in [1.807, 2.05) is 4.68 Å². The largest absolute Gasteiger partial charge is 0.439 e. The van der Waals surface area contributed by atoms with Crippen LogP contribution in [0, 0.1) is 0 Å². The van der Waals surface area contributed by atoms with Crippen LogP contribution in [0.2, 0.25) is 0 Å². The SMILES string of the molecule is CCc1cc(-c2cnc(CCCl)o2)n(CC)n1. The van der Waals surface area contributed by atoms with Crippen molar-refractivity contribution in [1.82, 2.24) is 14.8 Å². The zero-order valence-corrected chi connectivity index (χ0v) is 10.9. The highest BCUT2D eigenvalue weighted by molar-refractivity contribution is 6.17. The number of hydrogen-bond acceptors (Lipinski definition) is 3. The normalized spacial score (nSPS) is 11.0. The van der Waals surface area contributed by atoms with Gasteiger partial charge in [-0.15, -0.1) is 11.6 Å². The molecular formula is C12H16ClN3O. The minimum atomic E-state index is 0.521. The Balaban J connectivity index is 2.33. The first-order valence-corrected chi connectivity index (χ1v) is 6.39. The third-order valence-electron chi connectivity index (χ3n) is 2.61. The average Bonchev–Trinajstić information content (AvgIpc) is 2.94. The van der Waals surface area contributed by atoms with E-state index in [1.165, 1.54) is 0 Å². The summed E-state index contributed by atoms with van der Waals surface area (Å²) in [5.41, 5.74) is 2.05. The van der Waals surface area contributed by atoms with E-state index in [0.717, 1.165) is 30.1 Å². The fraction of sp³-hybridized carbons (Fsp3) is 0.500. The van der Waals surface area contributed by atoms with Crippen LogP contribution in [0.25, 0.3) is 11.5 Å². The summed E-state index contributed by atoms with van der Waals surface area (Å²) in [6.07, 6.45) is 3.32. The predicted octanol–water partition coefficient (Wildman–Crippen LogP) is 2.90. The molecule has 92 valence electrons. The zero-order valence-electron chi connectivity index (χ0n) is 10.1. The van der Waals surface area contributed by atoms with E-state index in [-0.39, 0.29) is 0 Å². The maximum absolute atomic E-state index is 5.66. The van der Waals surface area contributed by atoms with E-state index in [0.29, 0.717) is 18.2 Å². The lowest BCUT2D eigenvalue weighted by molar-refractivity contribution is 0.507. The Kier molecular flexibility index (Phi) is 3.84. The molecular weight excluding hydrogens is 238 g/mol. The van der Waals surface area contributed by atoms with E-state index >= 15 is 0 Å². The Hall–Kier alpha value is -1.29. The second-order valence-corrected chi connectivity index (χ2v) is 4.13. The van der Waals surface area contributed by atoms with Crippen molar-refractivity contribution in [3.05, 3.63) is 23.8 Å². The summed E-state index contributed by atoms with van der Waals surface area (Å²) in [6.45, 7) is 4.97. The molecule has 0 N–H and O–H groups in total. The van der Waals surface area contributed by atoms with Crippen molar-refractivity contribution in [1.29, 1.82) is 0 Å². The lowest BCUT2D eigenvalue weighted by atomic mass is 10.3. The number of rotatable bonds is 5. The smallest absolute Gasteiger partial charge is 0.196 e. The van der Waals surface area contributed by atoms with Gasteiger partial charge in [0.05, 0.1) is 11.9 Å². The second kappa shape index (κ2) is 5.36. The molecule has 0 aliphatic carbocycles. The molecule has 2 aromatic rings. The van der Waals surface area contributed by atoms with Gasteiger partial charge in [0.1, 0.15) is 5.69 Å². The molecule has 0 amide bonds. The van der Waals surface area contributed by atoms with E-state index in [1.54, 1.807) is 6.20 Å². The van der Waals surface area contributed by atoms with Crippen molar-refractivity contribution < 1.29 is 4.42 Å².